The van der Waals surface area contributed by atoms with Gasteiger partial charge in [0.2, 0.25) is 5.91 Å². The third-order valence-corrected chi connectivity index (χ3v) is 5.12. The number of aromatic nitrogens is 4. The molecule has 0 bridgehead atoms. The van der Waals surface area contributed by atoms with Gasteiger partial charge in [0.25, 0.3) is 5.88 Å². The summed E-state index contributed by atoms with van der Waals surface area (Å²) in [6.07, 6.45) is 7.47. The summed E-state index contributed by atoms with van der Waals surface area (Å²) in [6, 6.07) is 2.07. The molecule has 0 spiro atoms. The molecule has 8 heteroatoms. The monoisotopic (exact) mass is 356 g/mol. The quantitative estimate of drug-likeness (QED) is 0.874. The molecule has 8 nitrogen and oxygen atoms in total. The van der Waals surface area contributed by atoms with Crippen molar-refractivity contribution in [1.29, 1.82) is 0 Å². The maximum absolute atomic E-state index is 12.0. The Kier molecular flexibility index (Phi) is 4.73. The Hall–Kier alpha value is -2.64. The first-order valence-corrected chi connectivity index (χ1v) is 9.18. The van der Waals surface area contributed by atoms with E-state index in [0.717, 1.165) is 49.6 Å². The van der Waals surface area contributed by atoms with E-state index in [9.17, 15) is 4.79 Å². The summed E-state index contributed by atoms with van der Waals surface area (Å²) in [6.45, 7) is 2.90. The Bertz CT molecular complexity index is 786. The van der Waals surface area contributed by atoms with Gasteiger partial charge in [-0.3, -0.25) is 9.48 Å². The molecule has 0 atom stereocenters. The number of ether oxygens (including phenoxy) is 1. The fourth-order valence-corrected chi connectivity index (χ4v) is 3.46. The zero-order chi connectivity index (χ0) is 17.9. The van der Waals surface area contributed by atoms with Crippen LogP contribution >= 0.6 is 0 Å². The highest BCUT2D eigenvalue weighted by atomic mass is 16.5. The molecule has 1 saturated carbocycles. The van der Waals surface area contributed by atoms with Gasteiger partial charge in [-0.05, 0) is 25.3 Å². The summed E-state index contributed by atoms with van der Waals surface area (Å²) in [4.78, 5) is 22.9. The normalized spacial score (nSPS) is 17.2. The van der Waals surface area contributed by atoms with E-state index in [1.54, 1.807) is 19.5 Å². The Morgan fingerprint density at radius 2 is 2.12 bits per heavy atom. The maximum Gasteiger partial charge on any atom is 0.257 e. The number of anilines is 1. The zero-order valence-corrected chi connectivity index (χ0v) is 15.0. The van der Waals surface area contributed by atoms with Crippen LogP contribution in [0.4, 0.5) is 5.82 Å². The molecule has 2 aromatic rings. The van der Waals surface area contributed by atoms with Crippen molar-refractivity contribution in [3.8, 4) is 5.88 Å². The molecule has 138 valence electrons. The number of carbonyl (C=O) groups excluding carboxylic acids is 1. The minimum absolute atomic E-state index is 0.158. The van der Waals surface area contributed by atoms with Gasteiger partial charge in [0.1, 0.15) is 0 Å². The third-order valence-electron chi connectivity index (χ3n) is 5.12. The number of nitrogens with zero attached hydrogens (tertiary/aromatic N) is 5. The van der Waals surface area contributed by atoms with Gasteiger partial charge in [0.15, 0.2) is 5.82 Å². The second-order valence-electron chi connectivity index (χ2n) is 6.86. The third kappa shape index (κ3) is 3.36. The zero-order valence-electron chi connectivity index (χ0n) is 15.0. The second kappa shape index (κ2) is 7.31. The van der Waals surface area contributed by atoms with E-state index in [2.05, 4.69) is 31.3 Å². The molecular formula is C18H24N6O2. The molecule has 1 fully saturated rings. The van der Waals surface area contributed by atoms with Gasteiger partial charge in [-0.25, -0.2) is 9.97 Å². The van der Waals surface area contributed by atoms with Crippen molar-refractivity contribution < 1.29 is 9.53 Å². The highest BCUT2D eigenvalue weighted by Crippen LogP contribution is 2.27. The molecule has 0 unspecified atom stereocenters. The first-order valence-electron chi connectivity index (χ1n) is 9.18. The molecule has 0 radical (unpaired) electrons. The minimum atomic E-state index is 0.158. The number of rotatable bonds is 5. The van der Waals surface area contributed by atoms with E-state index >= 15 is 0 Å². The molecule has 4 rings (SSSR count). The van der Waals surface area contributed by atoms with E-state index in [0.29, 0.717) is 19.0 Å². The number of methoxy groups -OCH3 is 1. The highest BCUT2D eigenvalue weighted by Gasteiger charge is 2.25. The van der Waals surface area contributed by atoms with Crippen LogP contribution in [0.2, 0.25) is 0 Å². The molecular weight excluding hydrogens is 332 g/mol. The number of fused-ring (bicyclic) bond motifs is 1. The van der Waals surface area contributed by atoms with Gasteiger partial charge in [-0.15, -0.1) is 0 Å². The fourth-order valence-electron chi connectivity index (χ4n) is 3.46. The molecule has 0 aromatic carbocycles. The van der Waals surface area contributed by atoms with E-state index < -0.39 is 0 Å². The van der Waals surface area contributed by atoms with Crippen LogP contribution in [0, 0.1) is 5.92 Å². The summed E-state index contributed by atoms with van der Waals surface area (Å²) >= 11 is 0. The van der Waals surface area contributed by atoms with E-state index in [1.807, 2.05) is 4.68 Å². The number of carbonyl (C=O) groups is 1. The Morgan fingerprint density at radius 3 is 2.88 bits per heavy atom. The van der Waals surface area contributed by atoms with Crippen LogP contribution in [-0.4, -0.2) is 39.3 Å². The van der Waals surface area contributed by atoms with Crippen LogP contribution in [0.3, 0.4) is 0 Å². The standard InChI is InChI=1S/C18H24N6O2/c1-26-18-16(19-6-7-20-18)23-8-3-9-24-15(12-23)10-14(22-24)11-21-17(25)13-4-2-5-13/h6-7,10,13H,2-5,8-9,11-12H2,1H3,(H,21,25). The van der Waals surface area contributed by atoms with Crippen molar-refractivity contribution in [2.45, 2.75) is 45.3 Å². The van der Waals surface area contributed by atoms with Crippen LogP contribution in [-0.2, 0) is 24.4 Å². The minimum Gasteiger partial charge on any atom is -0.478 e. The first kappa shape index (κ1) is 16.8. The summed E-state index contributed by atoms with van der Waals surface area (Å²) in [5.41, 5.74) is 2.02. The molecule has 1 N–H and O–H groups in total. The summed E-state index contributed by atoms with van der Waals surface area (Å²) in [7, 11) is 1.61. The molecule has 1 amide bonds. The number of aryl methyl sites for hydroxylation is 1. The Labute approximate surface area is 152 Å². The number of hydrogen-bond acceptors (Lipinski definition) is 6. The molecule has 26 heavy (non-hydrogen) atoms. The average Bonchev–Trinajstić information content (AvgIpc) is 2.89. The van der Waals surface area contributed by atoms with Gasteiger partial charge in [-0.2, -0.15) is 5.10 Å². The van der Waals surface area contributed by atoms with Crippen LogP contribution in [0.15, 0.2) is 18.5 Å². The van der Waals surface area contributed by atoms with E-state index in [1.165, 1.54) is 6.42 Å². The molecule has 1 aliphatic heterocycles. The summed E-state index contributed by atoms with van der Waals surface area (Å²) < 4.78 is 7.39. The molecule has 0 saturated heterocycles. The Morgan fingerprint density at radius 1 is 1.27 bits per heavy atom. The largest absolute Gasteiger partial charge is 0.478 e. The number of nitrogens with one attached hydrogen (secondary N) is 1. The lowest BCUT2D eigenvalue weighted by molar-refractivity contribution is -0.127. The van der Waals surface area contributed by atoms with Gasteiger partial charge in [0.05, 0.1) is 31.6 Å². The molecule has 3 heterocycles. The van der Waals surface area contributed by atoms with E-state index in [-0.39, 0.29) is 11.8 Å². The van der Waals surface area contributed by atoms with Crippen molar-refractivity contribution in [2.24, 2.45) is 5.92 Å². The fraction of sp³-hybridized carbons (Fsp3) is 0.556. The highest BCUT2D eigenvalue weighted by molar-refractivity contribution is 5.79. The van der Waals surface area contributed by atoms with Crippen molar-refractivity contribution in [3.63, 3.8) is 0 Å². The van der Waals surface area contributed by atoms with Crippen LogP contribution < -0.4 is 15.0 Å². The SMILES string of the molecule is COc1nccnc1N1CCCn2nc(CNC(=O)C3CCC3)cc2C1. The van der Waals surface area contributed by atoms with Gasteiger partial charge >= 0.3 is 0 Å². The van der Waals surface area contributed by atoms with E-state index in [4.69, 9.17) is 4.74 Å². The lowest BCUT2D eigenvalue weighted by Gasteiger charge is -2.23. The smallest absolute Gasteiger partial charge is 0.257 e. The Balaban J connectivity index is 1.46. The van der Waals surface area contributed by atoms with Gasteiger partial charge < -0.3 is 15.0 Å². The predicted molar refractivity (Wildman–Crippen MR) is 95.7 cm³/mol. The lowest BCUT2D eigenvalue weighted by atomic mass is 9.85. The summed E-state index contributed by atoms with van der Waals surface area (Å²) in [5.74, 6) is 1.65. The van der Waals surface area contributed by atoms with Crippen LogP contribution in [0.1, 0.15) is 37.1 Å². The predicted octanol–water partition coefficient (Wildman–Crippen LogP) is 1.51. The van der Waals surface area contributed by atoms with Gasteiger partial charge in [-0.1, -0.05) is 6.42 Å². The van der Waals surface area contributed by atoms with Crippen molar-refractivity contribution >= 4 is 11.7 Å². The average molecular weight is 356 g/mol. The van der Waals surface area contributed by atoms with Crippen molar-refractivity contribution in [3.05, 3.63) is 29.8 Å². The second-order valence-corrected chi connectivity index (χ2v) is 6.86. The van der Waals surface area contributed by atoms with Crippen molar-refractivity contribution in [1.82, 2.24) is 25.1 Å². The number of amides is 1. The van der Waals surface area contributed by atoms with Gasteiger partial charge in [0, 0.05) is 31.4 Å². The first-order chi connectivity index (χ1) is 12.7. The topological polar surface area (TPSA) is 85.2 Å². The maximum atomic E-state index is 12.0. The lowest BCUT2D eigenvalue weighted by Crippen LogP contribution is -2.34. The molecule has 2 aliphatic rings. The van der Waals surface area contributed by atoms with Crippen molar-refractivity contribution in [2.75, 3.05) is 18.6 Å². The summed E-state index contributed by atoms with van der Waals surface area (Å²) in [5, 5.41) is 7.68. The molecule has 1 aliphatic carbocycles. The van der Waals surface area contributed by atoms with Crippen LogP contribution in [0.5, 0.6) is 5.88 Å². The molecule has 2 aromatic heterocycles. The van der Waals surface area contributed by atoms with Crippen LogP contribution in [0.25, 0.3) is 0 Å². The number of hydrogen-bond donors (Lipinski definition) is 1.